The lowest BCUT2D eigenvalue weighted by Gasteiger charge is -2.37. The summed E-state index contributed by atoms with van der Waals surface area (Å²) in [6.45, 7) is 8.41. The zero-order chi connectivity index (χ0) is 30.2. The Labute approximate surface area is 248 Å². The van der Waals surface area contributed by atoms with Crippen LogP contribution in [0.4, 0.5) is 11.4 Å². The number of rotatable bonds is 9. The first-order valence-corrected chi connectivity index (χ1v) is 17.5. The molecule has 0 saturated carbocycles. The van der Waals surface area contributed by atoms with Gasteiger partial charge in [-0.15, -0.1) is 0 Å². The molecule has 9 heteroatoms. The molecule has 2 aliphatic heterocycles. The summed E-state index contributed by atoms with van der Waals surface area (Å²) in [7, 11) is -0.659. The van der Waals surface area contributed by atoms with Crippen LogP contribution in [-0.4, -0.2) is 56.0 Å². The molecule has 1 saturated heterocycles. The normalized spacial score (nSPS) is 24.1. The first kappa shape index (κ1) is 30.0. The van der Waals surface area contributed by atoms with Crippen molar-refractivity contribution in [2.75, 3.05) is 23.9 Å². The van der Waals surface area contributed by atoms with Crippen LogP contribution in [0.5, 0.6) is 5.75 Å². The van der Waals surface area contributed by atoms with Crippen LogP contribution in [0.15, 0.2) is 72.8 Å². The predicted molar refractivity (Wildman–Crippen MR) is 166 cm³/mol. The smallest absolute Gasteiger partial charge is 0.264 e. The molecule has 2 aliphatic rings. The summed E-state index contributed by atoms with van der Waals surface area (Å²) in [6, 6.07) is 23.4. The SMILES string of the molecule is COc1ccc([Si](C)(C)[C@H]2[C@H](CCO)O[C@@]3(C(=O)N(Cc4ccccc4)c4ccc(NC(=O)[C@H](C)O)cc43)[C@@H]2C)cc1. The number of ether oxygens (including phenoxy) is 2. The summed E-state index contributed by atoms with van der Waals surface area (Å²) >= 11 is 0. The second-order valence-corrected chi connectivity index (χ2v) is 16.6. The van der Waals surface area contributed by atoms with Gasteiger partial charge in [0.1, 0.15) is 11.9 Å². The Morgan fingerprint density at radius 3 is 2.43 bits per heavy atom. The van der Waals surface area contributed by atoms with E-state index in [0.29, 0.717) is 24.2 Å². The van der Waals surface area contributed by atoms with E-state index in [0.717, 1.165) is 17.0 Å². The number of hydrogen-bond acceptors (Lipinski definition) is 6. The van der Waals surface area contributed by atoms with Crippen molar-refractivity contribution in [3.05, 3.63) is 83.9 Å². The lowest BCUT2D eigenvalue weighted by Crippen LogP contribution is -2.51. The van der Waals surface area contributed by atoms with Crippen molar-refractivity contribution in [3.63, 3.8) is 0 Å². The van der Waals surface area contributed by atoms with E-state index in [1.165, 1.54) is 12.1 Å². The third-order valence-corrected chi connectivity index (χ3v) is 13.4. The first-order valence-electron chi connectivity index (χ1n) is 14.5. The van der Waals surface area contributed by atoms with Gasteiger partial charge in [-0.05, 0) is 54.8 Å². The van der Waals surface area contributed by atoms with Crippen molar-refractivity contribution >= 4 is 36.4 Å². The number of aliphatic hydroxyl groups excluding tert-OH is 2. The number of fused-ring (bicyclic) bond motifs is 2. The third kappa shape index (κ3) is 5.04. The molecule has 222 valence electrons. The molecule has 2 heterocycles. The fraction of sp³-hybridized carbons (Fsp3) is 0.394. The highest BCUT2D eigenvalue weighted by molar-refractivity contribution is 6.91. The van der Waals surface area contributed by atoms with Gasteiger partial charge in [-0.2, -0.15) is 0 Å². The second-order valence-electron chi connectivity index (χ2n) is 11.9. The van der Waals surface area contributed by atoms with Crippen LogP contribution in [-0.2, 0) is 26.5 Å². The first-order chi connectivity index (χ1) is 20.0. The topological polar surface area (TPSA) is 108 Å². The molecule has 8 nitrogen and oxygen atoms in total. The fourth-order valence-electron chi connectivity index (χ4n) is 6.96. The maximum absolute atomic E-state index is 14.7. The molecule has 3 aromatic carbocycles. The molecular formula is C33H40N2O6Si. The van der Waals surface area contributed by atoms with Gasteiger partial charge < -0.3 is 29.9 Å². The van der Waals surface area contributed by atoms with Gasteiger partial charge in [0.15, 0.2) is 5.60 Å². The van der Waals surface area contributed by atoms with Crippen LogP contribution in [0.2, 0.25) is 18.6 Å². The van der Waals surface area contributed by atoms with Crippen LogP contribution in [0, 0.1) is 5.92 Å². The van der Waals surface area contributed by atoms with E-state index >= 15 is 0 Å². The van der Waals surface area contributed by atoms with Gasteiger partial charge in [0.2, 0.25) is 0 Å². The number of nitrogens with one attached hydrogen (secondary N) is 1. The van der Waals surface area contributed by atoms with E-state index in [2.05, 4.69) is 37.5 Å². The predicted octanol–water partition coefficient (Wildman–Crippen LogP) is 4.16. The molecule has 42 heavy (non-hydrogen) atoms. The fourth-order valence-corrected chi connectivity index (χ4v) is 11.0. The summed E-state index contributed by atoms with van der Waals surface area (Å²) in [5.41, 5.74) is 1.61. The Kier molecular flexibility index (Phi) is 8.31. The highest BCUT2D eigenvalue weighted by Gasteiger charge is 2.66. The lowest BCUT2D eigenvalue weighted by atomic mass is 9.82. The maximum Gasteiger partial charge on any atom is 0.264 e. The van der Waals surface area contributed by atoms with E-state index in [9.17, 15) is 19.8 Å². The molecule has 5 rings (SSSR count). The summed E-state index contributed by atoms with van der Waals surface area (Å²) in [4.78, 5) is 28.9. The summed E-state index contributed by atoms with van der Waals surface area (Å²) in [5.74, 6) is -0.116. The van der Waals surface area contributed by atoms with Crippen molar-refractivity contribution in [1.82, 2.24) is 0 Å². The Balaban J connectivity index is 1.63. The molecule has 1 spiro atoms. The minimum Gasteiger partial charge on any atom is -0.497 e. The maximum atomic E-state index is 14.7. The van der Waals surface area contributed by atoms with Gasteiger partial charge in [0, 0.05) is 23.8 Å². The number of hydrogen-bond donors (Lipinski definition) is 3. The van der Waals surface area contributed by atoms with Crippen molar-refractivity contribution in [2.24, 2.45) is 5.92 Å². The number of carbonyl (C=O) groups is 2. The summed E-state index contributed by atoms with van der Waals surface area (Å²) < 4.78 is 12.3. The quantitative estimate of drug-likeness (QED) is 0.324. The van der Waals surface area contributed by atoms with E-state index in [-0.39, 0.29) is 30.1 Å². The molecule has 0 radical (unpaired) electrons. The van der Waals surface area contributed by atoms with E-state index in [1.54, 1.807) is 18.1 Å². The van der Waals surface area contributed by atoms with Crippen molar-refractivity contribution < 1.29 is 29.3 Å². The molecule has 5 atom stereocenters. The van der Waals surface area contributed by atoms with Crippen molar-refractivity contribution in [3.8, 4) is 5.75 Å². The van der Waals surface area contributed by atoms with Crippen LogP contribution in [0.3, 0.4) is 0 Å². The van der Waals surface area contributed by atoms with Crippen molar-refractivity contribution in [2.45, 2.75) is 63.3 Å². The lowest BCUT2D eigenvalue weighted by molar-refractivity contribution is -0.146. The molecule has 0 bridgehead atoms. The van der Waals surface area contributed by atoms with Gasteiger partial charge >= 0.3 is 0 Å². The van der Waals surface area contributed by atoms with Gasteiger partial charge in [-0.25, -0.2) is 0 Å². The Morgan fingerprint density at radius 2 is 1.81 bits per heavy atom. The minimum atomic E-state index is -2.31. The van der Waals surface area contributed by atoms with Crippen LogP contribution >= 0.6 is 0 Å². The molecular weight excluding hydrogens is 548 g/mol. The van der Waals surface area contributed by atoms with Crippen LogP contribution in [0.1, 0.15) is 31.4 Å². The van der Waals surface area contributed by atoms with Gasteiger partial charge in [0.05, 0.1) is 33.5 Å². The molecule has 3 aromatic rings. The monoisotopic (exact) mass is 588 g/mol. The average Bonchev–Trinajstić information content (AvgIpc) is 3.40. The molecule has 0 aliphatic carbocycles. The molecule has 3 N–H and O–H groups in total. The third-order valence-electron chi connectivity index (χ3n) is 9.08. The second kappa shape index (κ2) is 11.6. The number of anilines is 2. The Hall–Kier alpha value is -3.50. The van der Waals surface area contributed by atoms with Crippen LogP contribution in [0.25, 0.3) is 0 Å². The zero-order valence-corrected chi connectivity index (χ0v) is 25.8. The number of amides is 2. The summed E-state index contributed by atoms with van der Waals surface area (Å²) in [6.07, 6.45) is -1.12. The average molecular weight is 589 g/mol. The highest BCUT2D eigenvalue weighted by Crippen LogP contribution is 2.60. The number of carbonyl (C=O) groups excluding carboxylic acids is 2. The van der Waals surface area contributed by atoms with Gasteiger partial charge in [0.25, 0.3) is 11.8 Å². The van der Waals surface area contributed by atoms with E-state index in [1.807, 2.05) is 54.6 Å². The molecule has 2 amide bonds. The molecule has 1 fully saturated rings. The molecule has 0 aromatic heterocycles. The standard InChI is InChI=1S/C33H40N2O6Si/c1-21-30(42(4,5)26-14-12-25(40-3)13-15-26)29(17-18-36)41-33(21)27-19-24(34-31(38)22(2)37)11-16-28(27)35(32(33)39)20-23-9-7-6-8-10-23/h6-16,19,21-22,29-30,36-37H,17-18,20H2,1-5H3,(H,34,38)/t21-,22+,29+,30-,33+/m1/s1. The highest BCUT2D eigenvalue weighted by atomic mass is 28.3. The zero-order valence-electron chi connectivity index (χ0n) is 24.8. The minimum absolute atomic E-state index is 0.00207. The van der Waals surface area contributed by atoms with E-state index < -0.39 is 25.7 Å². The number of aliphatic hydroxyl groups is 2. The largest absolute Gasteiger partial charge is 0.497 e. The van der Waals surface area contributed by atoms with Crippen molar-refractivity contribution in [1.29, 1.82) is 0 Å². The van der Waals surface area contributed by atoms with Gasteiger partial charge in [-0.1, -0.05) is 67.7 Å². The number of nitrogens with zero attached hydrogens (tertiary/aromatic N) is 1. The van der Waals surface area contributed by atoms with E-state index in [4.69, 9.17) is 9.47 Å². The number of methoxy groups -OCH3 is 1. The van der Waals surface area contributed by atoms with Crippen LogP contribution < -0.4 is 20.1 Å². The Morgan fingerprint density at radius 1 is 1.12 bits per heavy atom. The molecule has 0 unspecified atom stereocenters. The Bertz CT molecular complexity index is 1440. The summed E-state index contributed by atoms with van der Waals surface area (Å²) in [5, 5.41) is 23.9. The number of benzene rings is 3. The van der Waals surface area contributed by atoms with Gasteiger partial charge in [-0.3, -0.25) is 9.59 Å².